The monoisotopic (exact) mass is 326 g/mol. The second-order valence-electron chi connectivity index (χ2n) is 4.52. The smallest absolute Gasteiger partial charge is 0.243 e. The predicted molar refractivity (Wildman–Crippen MR) is 83.9 cm³/mol. The number of hydrogen-bond acceptors (Lipinski definition) is 5. The first kappa shape index (κ1) is 16.0. The highest BCUT2D eigenvalue weighted by molar-refractivity contribution is 7.89. The SMILES string of the molecule is COc1ccc(S(=O)(=O)N(C)Cc2cccs2)cc1CN. The van der Waals surface area contributed by atoms with Gasteiger partial charge in [-0.05, 0) is 29.6 Å². The summed E-state index contributed by atoms with van der Waals surface area (Å²) in [6, 6.07) is 8.56. The van der Waals surface area contributed by atoms with Crippen LogP contribution in [-0.4, -0.2) is 26.9 Å². The molecule has 2 rings (SSSR count). The van der Waals surface area contributed by atoms with Gasteiger partial charge in [0.15, 0.2) is 0 Å². The molecule has 0 saturated carbocycles. The zero-order valence-electron chi connectivity index (χ0n) is 11.9. The highest BCUT2D eigenvalue weighted by Crippen LogP contribution is 2.25. The fourth-order valence-corrected chi connectivity index (χ4v) is 4.00. The van der Waals surface area contributed by atoms with Crippen LogP contribution < -0.4 is 10.5 Å². The van der Waals surface area contributed by atoms with E-state index in [2.05, 4.69) is 0 Å². The normalized spacial score (nSPS) is 11.8. The van der Waals surface area contributed by atoms with Crippen molar-refractivity contribution in [3.8, 4) is 5.75 Å². The Labute approximate surface area is 129 Å². The Morgan fingerprint density at radius 2 is 2.10 bits per heavy atom. The van der Waals surface area contributed by atoms with Crippen LogP contribution in [0.1, 0.15) is 10.4 Å². The van der Waals surface area contributed by atoms with Gasteiger partial charge in [-0.15, -0.1) is 11.3 Å². The lowest BCUT2D eigenvalue weighted by molar-refractivity contribution is 0.409. The third kappa shape index (κ3) is 3.44. The van der Waals surface area contributed by atoms with Crippen molar-refractivity contribution < 1.29 is 13.2 Å². The molecule has 0 atom stereocenters. The minimum absolute atomic E-state index is 0.223. The summed E-state index contributed by atoms with van der Waals surface area (Å²) in [5.41, 5.74) is 6.31. The Morgan fingerprint density at radius 1 is 1.33 bits per heavy atom. The van der Waals surface area contributed by atoms with E-state index in [0.29, 0.717) is 17.9 Å². The molecule has 0 aliphatic heterocycles. The second-order valence-corrected chi connectivity index (χ2v) is 7.60. The van der Waals surface area contributed by atoms with E-state index in [1.807, 2.05) is 17.5 Å². The first-order chi connectivity index (χ1) is 9.98. The molecule has 0 aliphatic rings. The molecule has 2 N–H and O–H groups in total. The third-order valence-electron chi connectivity index (χ3n) is 3.14. The second kappa shape index (κ2) is 6.57. The average molecular weight is 326 g/mol. The fourth-order valence-electron chi connectivity index (χ4n) is 1.96. The minimum atomic E-state index is -3.54. The number of methoxy groups -OCH3 is 1. The highest BCUT2D eigenvalue weighted by Gasteiger charge is 2.22. The molecule has 1 aromatic carbocycles. The summed E-state index contributed by atoms with van der Waals surface area (Å²) in [6.07, 6.45) is 0. The topological polar surface area (TPSA) is 72.6 Å². The van der Waals surface area contributed by atoms with E-state index in [9.17, 15) is 8.42 Å². The van der Waals surface area contributed by atoms with E-state index in [1.54, 1.807) is 19.2 Å². The number of benzene rings is 1. The molecular formula is C14H18N2O3S2. The molecule has 0 unspecified atom stereocenters. The number of nitrogens with two attached hydrogens (primary N) is 1. The van der Waals surface area contributed by atoms with Crippen LogP contribution in [0.15, 0.2) is 40.6 Å². The fraction of sp³-hybridized carbons (Fsp3) is 0.286. The largest absolute Gasteiger partial charge is 0.496 e. The van der Waals surface area contributed by atoms with Gasteiger partial charge in [0.1, 0.15) is 5.75 Å². The van der Waals surface area contributed by atoms with Gasteiger partial charge in [0.05, 0.1) is 12.0 Å². The summed E-state index contributed by atoms with van der Waals surface area (Å²) < 4.78 is 31.6. The van der Waals surface area contributed by atoms with E-state index in [-0.39, 0.29) is 11.4 Å². The molecule has 0 amide bonds. The van der Waals surface area contributed by atoms with Gasteiger partial charge in [0, 0.05) is 30.6 Å². The lowest BCUT2D eigenvalue weighted by Gasteiger charge is -2.17. The molecule has 114 valence electrons. The molecule has 0 saturated heterocycles. The lowest BCUT2D eigenvalue weighted by Crippen LogP contribution is -2.26. The number of nitrogens with zero attached hydrogens (tertiary/aromatic N) is 1. The number of hydrogen-bond donors (Lipinski definition) is 1. The summed E-state index contributed by atoms with van der Waals surface area (Å²) in [5, 5.41) is 1.93. The molecule has 21 heavy (non-hydrogen) atoms. The Balaban J connectivity index is 2.30. The van der Waals surface area contributed by atoms with Gasteiger partial charge in [-0.2, -0.15) is 4.31 Å². The molecule has 0 fully saturated rings. The third-order valence-corrected chi connectivity index (χ3v) is 5.80. The molecule has 1 aromatic heterocycles. The van der Waals surface area contributed by atoms with Gasteiger partial charge in [0.2, 0.25) is 10.0 Å². The van der Waals surface area contributed by atoms with Crippen LogP contribution in [0.2, 0.25) is 0 Å². The summed E-state index contributed by atoms with van der Waals surface area (Å²) in [5.74, 6) is 0.595. The molecule has 0 aliphatic carbocycles. The molecule has 0 spiro atoms. The Hall–Kier alpha value is -1.41. The summed E-state index contributed by atoms with van der Waals surface area (Å²) >= 11 is 1.53. The van der Waals surface area contributed by atoms with Crippen molar-refractivity contribution in [2.24, 2.45) is 5.73 Å². The van der Waals surface area contributed by atoms with Crippen LogP contribution >= 0.6 is 11.3 Å². The van der Waals surface area contributed by atoms with Crippen molar-refractivity contribution in [2.45, 2.75) is 18.0 Å². The van der Waals surface area contributed by atoms with Gasteiger partial charge in [-0.3, -0.25) is 0 Å². The maximum atomic E-state index is 12.6. The van der Waals surface area contributed by atoms with Crippen LogP contribution in [0.3, 0.4) is 0 Å². The van der Waals surface area contributed by atoms with Gasteiger partial charge in [0.25, 0.3) is 0 Å². The summed E-state index contributed by atoms with van der Waals surface area (Å²) in [7, 11) is -0.440. The van der Waals surface area contributed by atoms with Crippen LogP contribution in [0.25, 0.3) is 0 Å². The van der Waals surface area contributed by atoms with E-state index >= 15 is 0 Å². The van der Waals surface area contributed by atoms with Gasteiger partial charge < -0.3 is 10.5 Å². The van der Waals surface area contributed by atoms with Crippen molar-refractivity contribution in [3.63, 3.8) is 0 Å². The number of sulfonamides is 1. The van der Waals surface area contributed by atoms with Crippen molar-refractivity contribution in [3.05, 3.63) is 46.2 Å². The van der Waals surface area contributed by atoms with Crippen LogP contribution in [0.4, 0.5) is 0 Å². The van der Waals surface area contributed by atoms with Crippen molar-refractivity contribution >= 4 is 21.4 Å². The number of thiophene rings is 1. The number of rotatable bonds is 6. The average Bonchev–Trinajstić information content (AvgIpc) is 2.99. The maximum absolute atomic E-state index is 12.6. The molecule has 1 heterocycles. The summed E-state index contributed by atoms with van der Waals surface area (Å²) in [4.78, 5) is 1.22. The molecular weight excluding hydrogens is 308 g/mol. The van der Waals surface area contributed by atoms with Gasteiger partial charge in [-0.25, -0.2) is 8.42 Å². The van der Waals surface area contributed by atoms with E-state index in [0.717, 1.165) is 4.88 Å². The van der Waals surface area contributed by atoms with Crippen molar-refractivity contribution in [2.75, 3.05) is 14.2 Å². The molecule has 0 bridgehead atoms. The zero-order chi connectivity index (χ0) is 15.5. The first-order valence-electron chi connectivity index (χ1n) is 6.34. The van der Waals surface area contributed by atoms with Gasteiger partial charge in [-0.1, -0.05) is 6.07 Å². The van der Waals surface area contributed by atoms with Crippen molar-refractivity contribution in [1.29, 1.82) is 0 Å². The predicted octanol–water partition coefficient (Wildman–Crippen LogP) is 2.04. The van der Waals surface area contributed by atoms with Gasteiger partial charge >= 0.3 is 0 Å². The Kier molecular flexibility index (Phi) is 5.00. The van der Waals surface area contributed by atoms with E-state index in [4.69, 9.17) is 10.5 Å². The van der Waals surface area contributed by atoms with E-state index < -0.39 is 10.0 Å². The highest BCUT2D eigenvalue weighted by atomic mass is 32.2. The molecule has 2 aromatic rings. The van der Waals surface area contributed by atoms with Crippen LogP contribution in [0, 0.1) is 0 Å². The molecule has 0 radical (unpaired) electrons. The van der Waals surface area contributed by atoms with Crippen LogP contribution in [-0.2, 0) is 23.1 Å². The molecule has 5 nitrogen and oxygen atoms in total. The quantitative estimate of drug-likeness (QED) is 0.881. The lowest BCUT2D eigenvalue weighted by atomic mass is 10.2. The first-order valence-corrected chi connectivity index (χ1v) is 8.66. The van der Waals surface area contributed by atoms with Crippen LogP contribution in [0.5, 0.6) is 5.75 Å². The van der Waals surface area contributed by atoms with Crippen molar-refractivity contribution in [1.82, 2.24) is 4.31 Å². The summed E-state index contributed by atoms with van der Waals surface area (Å²) in [6.45, 7) is 0.575. The standard InChI is InChI=1S/C14H18N2O3S2/c1-16(10-12-4-3-7-20-12)21(17,18)13-5-6-14(19-2)11(8-13)9-15/h3-8H,9-10,15H2,1-2H3. The van der Waals surface area contributed by atoms with E-state index in [1.165, 1.54) is 28.8 Å². The number of ether oxygens (including phenoxy) is 1. The molecule has 7 heteroatoms. The Bertz CT molecular complexity index is 697. The Morgan fingerprint density at radius 3 is 2.67 bits per heavy atom. The zero-order valence-corrected chi connectivity index (χ0v) is 13.6. The maximum Gasteiger partial charge on any atom is 0.243 e. The minimum Gasteiger partial charge on any atom is -0.496 e.